The van der Waals surface area contributed by atoms with Crippen molar-refractivity contribution in [3.8, 4) is 11.5 Å². The van der Waals surface area contributed by atoms with Gasteiger partial charge in [-0.2, -0.15) is 0 Å². The van der Waals surface area contributed by atoms with E-state index >= 15 is 0 Å². The number of ether oxygens (including phenoxy) is 2. The molecule has 0 unspecified atom stereocenters. The Morgan fingerprint density at radius 2 is 1.62 bits per heavy atom. The van der Waals surface area contributed by atoms with Crippen molar-refractivity contribution in [2.45, 2.75) is 6.92 Å². The second-order valence-corrected chi connectivity index (χ2v) is 5.33. The average molecular weight is 349 g/mol. The fourth-order valence-corrected chi connectivity index (χ4v) is 2.30. The molecule has 0 bridgehead atoms. The van der Waals surface area contributed by atoms with Crippen LogP contribution in [0.25, 0.3) is 0 Å². The second kappa shape index (κ2) is 7.70. The number of carbonyl (C=O) groups is 2. The van der Waals surface area contributed by atoms with E-state index in [1.807, 2.05) is 0 Å². The van der Waals surface area contributed by atoms with Gasteiger partial charge in [-0.05, 0) is 36.4 Å². The Morgan fingerprint density at radius 1 is 0.958 bits per heavy atom. The molecule has 0 heterocycles. The van der Waals surface area contributed by atoms with E-state index in [4.69, 9.17) is 21.1 Å². The van der Waals surface area contributed by atoms with Crippen molar-refractivity contribution < 1.29 is 19.1 Å². The molecule has 0 radical (unpaired) electrons. The van der Waals surface area contributed by atoms with Gasteiger partial charge in [-0.15, -0.1) is 0 Å². The molecule has 0 spiro atoms. The average Bonchev–Trinajstić information content (AvgIpc) is 2.54. The Bertz CT molecular complexity index is 777. The van der Waals surface area contributed by atoms with E-state index in [9.17, 15) is 9.59 Å². The Balaban J connectivity index is 2.29. The summed E-state index contributed by atoms with van der Waals surface area (Å²) in [7, 11) is 2.97. The summed E-state index contributed by atoms with van der Waals surface area (Å²) in [5.74, 6) is 0.276. The maximum atomic E-state index is 12.5. The molecule has 24 heavy (non-hydrogen) atoms. The zero-order valence-corrected chi connectivity index (χ0v) is 14.2. The van der Waals surface area contributed by atoms with E-state index in [0.29, 0.717) is 33.5 Å². The summed E-state index contributed by atoms with van der Waals surface area (Å²) >= 11 is 5.94. The molecule has 126 valence electrons. The quantitative estimate of drug-likeness (QED) is 0.866. The number of carbonyl (C=O) groups excluding carboxylic acids is 2. The van der Waals surface area contributed by atoms with Gasteiger partial charge >= 0.3 is 0 Å². The van der Waals surface area contributed by atoms with Crippen molar-refractivity contribution in [3.63, 3.8) is 0 Å². The largest absolute Gasteiger partial charge is 0.496 e. The predicted molar refractivity (Wildman–Crippen MR) is 93.3 cm³/mol. The van der Waals surface area contributed by atoms with Crippen LogP contribution in [0.15, 0.2) is 36.4 Å². The molecule has 0 aromatic heterocycles. The lowest BCUT2D eigenvalue weighted by Crippen LogP contribution is -2.14. The summed E-state index contributed by atoms with van der Waals surface area (Å²) in [5, 5.41) is 5.81. The van der Waals surface area contributed by atoms with Gasteiger partial charge in [0.2, 0.25) is 5.91 Å². The zero-order valence-electron chi connectivity index (χ0n) is 13.5. The van der Waals surface area contributed by atoms with Gasteiger partial charge in [-0.3, -0.25) is 9.59 Å². The van der Waals surface area contributed by atoms with Gasteiger partial charge in [-0.1, -0.05) is 11.6 Å². The van der Waals surface area contributed by atoms with Crippen LogP contribution in [-0.2, 0) is 4.79 Å². The molecule has 0 aliphatic rings. The minimum atomic E-state index is -0.381. The van der Waals surface area contributed by atoms with Crippen molar-refractivity contribution in [2.75, 3.05) is 24.9 Å². The fourth-order valence-electron chi connectivity index (χ4n) is 2.13. The van der Waals surface area contributed by atoms with E-state index in [1.54, 1.807) is 30.3 Å². The van der Waals surface area contributed by atoms with Gasteiger partial charge < -0.3 is 20.1 Å². The van der Waals surface area contributed by atoms with Gasteiger partial charge in [0.25, 0.3) is 5.91 Å². The molecular formula is C17H17ClN2O4. The van der Waals surface area contributed by atoms with E-state index < -0.39 is 0 Å². The third-order valence-electron chi connectivity index (χ3n) is 3.17. The molecule has 2 N–H and O–H groups in total. The summed E-state index contributed by atoms with van der Waals surface area (Å²) in [6.07, 6.45) is 0. The number of halogens is 1. The molecule has 0 atom stereocenters. The first-order chi connectivity index (χ1) is 11.4. The van der Waals surface area contributed by atoms with Crippen LogP contribution in [0, 0.1) is 0 Å². The van der Waals surface area contributed by atoms with Crippen molar-refractivity contribution in [1.29, 1.82) is 0 Å². The van der Waals surface area contributed by atoms with Crippen molar-refractivity contribution in [1.82, 2.24) is 0 Å². The van der Waals surface area contributed by atoms with Gasteiger partial charge in [0.1, 0.15) is 11.5 Å². The number of hydrogen-bond donors (Lipinski definition) is 2. The van der Waals surface area contributed by atoms with Crippen LogP contribution in [0.4, 0.5) is 11.4 Å². The van der Waals surface area contributed by atoms with E-state index in [0.717, 1.165) is 0 Å². The summed E-state index contributed by atoms with van der Waals surface area (Å²) in [5.41, 5.74) is 1.26. The number of hydrogen-bond acceptors (Lipinski definition) is 4. The molecule has 2 aromatic carbocycles. The van der Waals surface area contributed by atoms with Crippen LogP contribution in [0.1, 0.15) is 17.3 Å². The smallest absolute Gasteiger partial charge is 0.259 e. The van der Waals surface area contributed by atoms with Crippen molar-refractivity contribution in [3.05, 3.63) is 47.0 Å². The Morgan fingerprint density at radius 3 is 2.25 bits per heavy atom. The lowest BCUT2D eigenvalue weighted by atomic mass is 10.1. The molecule has 0 aliphatic carbocycles. The van der Waals surface area contributed by atoms with Crippen LogP contribution in [0.3, 0.4) is 0 Å². The number of rotatable bonds is 5. The van der Waals surface area contributed by atoms with Crippen LogP contribution in [-0.4, -0.2) is 26.0 Å². The van der Waals surface area contributed by atoms with Crippen LogP contribution >= 0.6 is 11.6 Å². The van der Waals surface area contributed by atoms with E-state index in [2.05, 4.69) is 10.6 Å². The van der Waals surface area contributed by atoms with Gasteiger partial charge in [0.05, 0.1) is 25.5 Å². The first-order valence-electron chi connectivity index (χ1n) is 7.05. The fraction of sp³-hybridized carbons (Fsp3) is 0.176. The minimum absolute atomic E-state index is 0.242. The first-order valence-corrected chi connectivity index (χ1v) is 7.43. The van der Waals surface area contributed by atoms with E-state index in [-0.39, 0.29) is 11.8 Å². The van der Waals surface area contributed by atoms with Crippen molar-refractivity contribution >= 4 is 34.8 Å². The number of nitrogens with one attached hydrogen (secondary N) is 2. The van der Waals surface area contributed by atoms with E-state index in [1.165, 1.54) is 27.2 Å². The Kier molecular flexibility index (Phi) is 5.65. The maximum absolute atomic E-state index is 12.5. The highest BCUT2D eigenvalue weighted by atomic mass is 35.5. The number of anilines is 2. The first kappa shape index (κ1) is 17.6. The van der Waals surface area contributed by atoms with Gasteiger partial charge in [0.15, 0.2) is 0 Å². The topological polar surface area (TPSA) is 76.7 Å². The maximum Gasteiger partial charge on any atom is 0.259 e. The number of amides is 2. The highest BCUT2D eigenvalue weighted by Crippen LogP contribution is 2.29. The predicted octanol–water partition coefficient (Wildman–Crippen LogP) is 3.57. The van der Waals surface area contributed by atoms with Gasteiger partial charge in [-0.25, -0.2) is 0 Å². The third kappa shape index (κ3) is 4.17. The molecule has 7 heteroatoms. The summed E-state index contributed by atoms with van der Waals surface area (Å²) in [6.45, 7) is 1.39. The molecule has 0 fully saturated rings. The molecule has 0 saturated heterocycles. The minimum Gasteiger partial charge on any atom is -0.496 e. The summed E-state index contributed by atoms with van der Waals surface area (Å²) in [6, 6.07) is 9.70. The van der Waals surface area contributed by atoms with Crippen molar-refractivity contribution in [2.24, 2.45) is 0 Å². The SMILES string of the molecule is COc1ccc(NC(=O)c2cc(Cl)ccc2OC)cc1NC(C)=O. The Labute approximate surface area is 144 Å². The lowest BCUT2D eigenvalue weighted by Gasteiger charge is -2.13. The normalized spacial score (nSPS) is 10.0. The van der Waals surface area contributed by atoms with Crippen LogP contribution < -0.4 is 20.1 Å². The van der Waals surface area contributed by atoms with Crippen LogP contribution in [0.5, 0.6) is 11.5 Å². The molecule has 2 aromatic rings. The number of methoxy groups -OCH3 is 2. The molecule has 0 aliphatic heterocycles. The third-order valence-corrected chi connectivity index (χ3v) is 3.41. The number of benzene rings is 2. The monoisotopic (exact) mass is 348 g/mol. The molecule has 6 nitrogen and oxygen atoms in total. The standard InChI is InChI=1S/C17H17ClN2O4/c1-10(21)19-14-9-12(5-7-16(14)24-3)20-17(22)13-8-11(18)4-6-15(13)23-2/h4-9H,1-3H3,(H,19,21)(H,20,22). The second-order valence-electron chi connectivity index (χ2n) is 4.89. The van der Waals surface area contributed by atoms with Gasteiger partial charge in [0, 0.05) is 17.6 Å². The highest BCUT2D eigenvalue weighted by Gasteiger charge is 2.14. The highest BCUT2D eigenvalue weighted by molar-refractivity contribution is 6.31. The molecule has 0 saturated carbocycles. The zero-order chi connectivity index (χ0) is 17.7. The van der Waals surface area contributed by atoms with Crippen LogP contribution in [0.2, 0.25) is 5.02 Å². The molecule has 2 amide bonds. The molecule has 2 rings (SSSR count). The summed E-state index contributed by atoms with van der Waals surface area (Å²) in [4.78, 5) is 23.7. The lowest BCUT2D eigenvalue weighted by molar-refractivity contribution is -0.114. The summed E-state index contributed by atoms with van der Waals surface area (Å²) < 4.78 is 10.4. The molecular weight excluding hydrogens is 332 g/mol. The Hall–Kier alpha value is -2.73.